The van der Waals surface area contributed by atoms with Gasteiger partial charge in [0.05, 0.1) is 6.54 Å². The zero-order valence-electron chi connectivity index (χ0n) is 13.1. The third-order valence-corrected chi connectivity index (χ3v) is 3.50. The highest BCUT2D eigenvalue weighted by atomic mass is 19.1. The fourth-order valence-electron chi connectivity index (χ4n) is 2.23. The van der Waals surface area contributed by atoms with E-state index in [1.165, 1.54) is 35.2 Å². The molecule has 0 aliphatic heterocycles. The van der Waals surface area contributed by atoms with Gasteiger partial charge in [0.15, 0.2) is 0 Å². The first-order chi connectivity index (χ1) is 11.5. The third-order valence-electron chi connectivity index (χ3n) is 3.50. The molecule has 0 aromatic heterocycles. The quantitative estimate of drug-likeness (QED) is 0.501. The number of nitrogens with one attached hydrogen (secondary N) is 1. The second-order valence-corrected chi connectivity index (χ2v) is 5.09. The van der Waals surface area contributed by atoms with E-state index in [2.05, 4.69) is 0 Å². The molecule has 2 amide bonds. The third kappa shape index (κ3) is 3.94. The number of hydrogen-bond donors (Lipinski definition) is 2. The van der Waals surface area contributed by atoms with E-state index in [4.69, 9.17) is 5.84 Å². The zero-order valence-corrected chi connectivity index (χ0v) is 13.1. The summed E-state index contributed by atoms with van der Waals surface area (Å²) < 4.78 is 27.7. The van der Waals surface area contributed by atoms with Crippen molar-refractivity contribution in [1.29, 1.82) is 0 Å². The standard InChI is InChI=1S/C17H17F2N3O2/c1-2-16(23)22(14-5-3-4-13(18)9-14)10-12-7-6-11(8-15(12)19)17(24)21-20/h3-9H,2,10,20H2,1H3,(H,21,24). The van der Waals surface area contributed by atoms with Crippen molar-refractivity contribution in [3.05, 3.63) is 65.2 Å². The van der Waals surface area contributed by atoms with Gasteiger partial charge in [-0.05, 0) is 30.3 Å². The Hall–Kier alpha value is -2.80. The minimum atomic E-state index is -0.651. The number of amides is 2. The first kappa shape index (κ1) is 17.6. The number of nitrogens with two attached hydrogens (primary N) is 1. The fraction of sp³-hybridized carbons (Fsp3) is 0.176. The minimum Gasteiger partial charge on any atom is -0.308 e. The summed E-state index contributed by atoms with van der Waals surface area (Å²) in [5.74, 6) is 2.98. The van der Waals surface area contributed by atoms with Crippen molar-refractivity contribution in [2.45, 2.75) is 19.9 Å². The van der Waals surface area contributed by atoms with Gasteiger partial charge in [-0.15, -0.1) is 0 Å². The first-order valence-corrected chi connectivity index (χ1v) is 7.31. The predicted molar refractivity (Wildman–Crippen MR) is 85.9 cm³/mol. The molecule has 0 fully saturated rings. The highest BCUT2D eigenvalue weighted by Crippen LogP contribution is 2.21. The molecule has 0 bridgehead atoms. The lowest BCUT2D eigenvalue weighted by atomic mass is 10.1. The van der Waals surface area contributed by atoms with Crippen molar-refractivity contribution in [3.8, 4) is 0 Å². The maximum Gasteiger partial charge on any atom is 0.265 e. The summed E-state index contributed by atoms with van der Waals surface area (Å²) in [7, 11) is 0. The van der Waals surface area contributed by atoms with Crippen LogP contribution in [0.15, 0.2) is 42.5 Å². The summed E-state index contributed by atoms with van der Waals surface area (Å²) in [6, 6.07) is 9.37. The molecule has 7 heteroatoms. The van der Waals surface area contributed by atoms with Gasteiger partial charge in [0.2, 0.25) is 5.91 Å². The summed E-state index contributed by atoms with van der Waals surface area (Å²) >= 11 is 0. The van der Waals surface area contributed by atoms with Gasteiger partial charge < -0.3 is 4.90 Å². The molecule has 0 heterocycles. The number of hydrazine groups is 1. The second-order valence-electron chi connectivity index (χ2n) is 5.09. The van der Waals surface area contributed by atoms with Crippen molar-refractivity contribution in [3.63, 3.8) is 0 Å². The van der Waals surface area contributed by atoms with E-state index in [1.54, 1.807) is 13.0 Å². The molecule has 0 unspecified atom stereocenters. The van der Waals surface area contributed by atoms with Crippen molar-refractivity contribution in [2.24, 2.45) is 5.84 Å². The molecule has 24 heavy (non-hydrogen) atoms. The summed E-state index contributed by atoms with van der Waals surface area (Å²) in [6.45, 7) is 1.59. The van der Waals surface area contributed by atoms with Crippen LogP contribution in [0.5, 0.6) is 0 Å². The maximum atomic E-state index is 14.2. The molecule has 3 N–H and O–H groups in total. The average molecular weight is 333 g/mol. The number of carbonyl (C=O) groups is 2. The Morgan fingerprint density at radius 3 is 2.50 bits per heavy atom. The lowest BCUT2D eigenvalue weighted by Gasteiger charge is -2.23. The van der Waals surface area contributed by atoms with Gasteiger partial charge in [0.1, 0.15) is 11.6 Å². The topological polar surface area (TPSA) is 75.4 Å². The first-order valence-electron chi connectivity index (χ1n) is 7.31. The molecule has 0 aliphatic carbocycles. The Balaban J connectivity index is 2.33. The van der Waals surface area contributed by atoms with Crippen LogP contribution in [-0.2, 0) is 11.3 Å². The second kappa shape index (κ2) is 7.65. The van der Waals surface area contributed by atoms with Crippen LogP contribution in [0.1, 0.15) is 29.3 Å². The van der Waals surface area contributed by atoms with E-state index in [1.807, 2.05) is 5.43 Å². The largest absolute Gasteiger partial charge is 0.308 e. The van der Waals surface area contributed by atoms with Gasteiger partial charge in [-0.25, -0.2) is 14.6 Å². The summed E-state index contributed by atoms with van der Waals surface area (Å²) in [5.41, 5.74) is 2.53. The molecular weight excluding hydrogens is 316 g/mol. The molecule has 0 spiro atoms. The van der Waals surface area contributed by atoms with Crippen LogP contribution in [0.3, 0.4) is 0 Å². The Bertz CT molecular complexity index is 765. The molecule has 2 aromatic carbocycles. The van der Waals surface area contributed by atoms with Gasteiger partial charge in [-0.2, -0.15) is 0 Å². The van der Waals surface area contributed by atoms with E-state index >= 15 is 0 Å². The lowest BCUT2D eigenvalue weighted by Crippen LogP contribution is -2.31. The van der Waals surface area contributed by atoms with Gasteiger partial charge in [0.25, 0.3) is 5.91 Å². The summed E-state index contributed by atoms with van der Waals surface area (Å²) in [4.78, 5) is 24.9. The van der Waals surface area contributed by atoms with Crippen LogP contribution in [0.4, 0.5) is 14.5 Å². The Morgan fingerprint density at radius 1 is 1.17 bits per heavy atom. The molecular formula is C17H17F2N3O2. The molecule has 5 nitrogen and oxygen atoms in total. The molecule has 0 radical (unpaired) electrons. The van der Waals surface area contributed by atoms with Crippen LogP contribution in [0.2, 0.25) is 0 Å². The Labute approximate surface area is 138 Å². The van der Waals surface area contributed by atoms with E-state index in [0.29, 0.717) is 5.69 Å². The molecule has 0 atom stereocenters. The number of nitrogens with zero attached hydrogens (tertiary/aromatic N) is 1. The van der Waals surface area contributed by atoms with Crippen molar-refractivity contribution in [2.75, 3.05) is 4.90 Å². The Kier molecular flexibility index (Phi) is 5.59. The van der Waals surface area contributed by atoms with E-state index < -0.39 is 17.5 Å². The van der Waals surface area contributed by atoms with Crippen molar-refractivity contribution in [1.82, 2.24) is 5.43 Å². The van der Waals surface area contributed by atoms with Gasteiger partial charge in [-0.1, -0.05) is 19.1 Å². The number of halogens is 2. The van der Waals surface area contributed by atoms with Crippen LogP contribution in [0, 0.1) is 11.6 Å². The monoisotopic (exact) mass is 333 g/mol. The molecule has 2 rings (SSSR count). The number of rotatable bonds is 5. The smallest absolute Gasteiger partial charge is 0.265 e. The number of nitrogen functional groups attached to an aromatic ring is 1. The van der Waals surface area contributed by atoms with Crippen LogP contribution >= 0.6 is 0 Å². The lowest BCUT2D eigenvalue weighted by molar-refractivity contribution is -0.118. The zero-order chi connectivity index (χ0) is 17.7. The van der Waals surface area contributed by atoms with Gasteiger partial charge in [0, 0.05) is 23.2 Å². The number of anilines is 1. The maximum absolute atomic E-state index is 14.2. The van der Waals surface area contributed by atoms with Crippen LogP contribution < -0.4 is 16.2 Å². The highest BCUT2D eigenvalue weighted by Gasteiger charge is 2.18. The predicted octanol–water partition coefficient (Wildman–Crippen LogP) is 2.51. The highest BCUT2D eigenvalue weighted by molar-refractivity contribution is 5.94. The molecule has 0 saturated carbocycles. The number of benzene rings is 2. The van der Waals surface area contributed by atoms with Crippen molar-refractivity contribution < 1.29 is 18.4 Å². The molecule has 0 aliphatic rings. The minimum absolute atomic E-state index is 0.0675. The Morgan fingerprint density at radius 2 is 1.92 bits per heavy atom. The van der Waals surface area contributed by atoms with E-state index in [-0.39, 0.29) is 30.0 Å². The summed E-state index contributed by atoms with van der Waals surface area (Å²) in [6.07, 6.45) is 0.186. The van der Waals surface area contributed by atoms with Gasteiger partial charge in [-0.3, -0.25) is 15.0 Å². The molecule has 0 saturated heterocycles. The SMILES string of the molecule is CCC(=O)N(Cc1ccc(C(=O)NN)cc1F)c1cccc(F)c1. The molecule has 126 valence electrons. The number of carbonyl (C=O) groups excluding carboxylic acids is 2. The van der Waals surface area contributed by atoms with Crippen LogP contribution in [-0.4, -0.2) is 11.8 Å². The fourth-order valence-corrected chi connectivity index (χ4v) is 2.23. The van der Waals surface area contributed by atoms with E-state index in [9.17, 15) is 18.4 Å². The van der Waals surface area contributed by atoms with E-state index in [0.717, 1.165) is 6.07 Å². The summed E-state index contributed by atoms with van der Waals surface area (Å²) in [5, 5.41) is 0. The van der Waals surface area contributed by atoms with Gasteiger partial charge >= 0.3 is 0 Å². The molecule has 2 aromatic rings. The average Bonchev–Trinajstić information content (AvgIpc) is 2.59. The van der Waals surface area contributed by atoms with Crippen molar-refractivity contribution >= 4 is 17.5 Å². The van der Waals surface area contributed by atoms with Crippen LogP contribution in [0.25, 0.3) is 0 Å². The normalized spacial score (nSPS) is 10.3. The number of hydrogen-bond acceptors (Lipinski definition) is 3.